The van der Waals surface area contributed by atoms with E-state index in [0.717, 1.165) is 21.2 Å². The molecule has 18 heavy (non-hydrogen) atoms. The minimum Gasteiger partial charge on any atom is -0.271 e. The zero-order valence-electron chi connectivity index (χ0n) is 9.95. The van der Waals surface area contributed by atoms with Crippen molar-refractivity contribution in [3.63, 3.8) is 0 Å². The first-order valence-corrected chi connectivity index (χ1v) is 6.39. The van der Waals surface area contributed by atoms with Crippen LogP contribution < -0.4 is 11.3 Å². The quantitative estimate of drug-likeness (QED) is 0.673. The van der Waals surface area contributed by atoms with Crippen molar-refractivity contribution in [3.05, 3.63) is 69.4 Å². The van der Waals surface area contributed by atoms with Gasteiger partial charge in [0.2, 0.25) is 0 Å². The molecule has 0 aliphatic heterocycles. The molecule has 0 bridgehead atoms. The van der Waals surface area contributed by atoms with E-state index in [9.17, 15) is 4.39 Å². The van der Waals surface area contributed by atoms with Crippen molar-refractivity contribution in [2.45, 2.75) is 13.0 Å². The van der Waals surface area contributed by atoms with Gasteiger partial charge in [0.25, 0.3) is 0 Å². The fourth-order valence-electron chi connectivity index (χ4n) is 1.92. The first-order chi connectivity index (χ1) is 8.61. The minimum atomic E-state index is -0.262. The van der Waals surface area contributed by atoms with Crippen LogP contribution >= 0.6 is 15.9 Å². The SMILES string of the molecule is Cc1cc(C(NN)c2cccc(F)c2)ccc1Br. The summed E-state index contributed by atoms with van der Waals surface area (Å²) in [6.45, 7) is 2.01. The second kappa shape index (κ2) is 5.61. The first kappa shape index (κ1) is 13.2. The van der Waals surface area contributed by atoms with E-state index < -0.39 is 0 Å². The normalized spacial score (nSPS) is 12.4. The van der Waals surface area contributed by atoms with Gasteiger partial charge in [-0.2, -0.15) is 0 Å². The van der Waals surface area contributed by atoms with Gasteiger partial charge in [0.15, 0.2) is 0 Å². The second-order valence-corrected chi connectivity index (χ2v) is 5.02. The van der Waals surface area contributed by atoms with Crippen LogP contribution in [-0.4, -0.2) is 0 Å². The molecule has 0 amide bonds. The molecular weight excluding hydrogens is 295 g/mol. The molecule has 0 saturated heterocycles. The molecular formula is C14H14BrFN2. The first-order valence-electron chi connectivity index (χ1n) is 5.59. The molecule has 2 aromatic carbocycles. The van der Waals surface area contributed by atoms with Gasteiger partial charge in [0.05, 0.1) is 6.04 Å². The minimum absolute atomic E-state index is 0.215. The molecule has 1 unspecified atom stereocenters. The van der Waals surface area contributed by atoms with Gasteiger partial charge in [0.1, 0.15) is 5.82 Å². The fraction of sp³-hybridized carbons (Fsp3) is 0.143. The summed E-state index contributed by atoms with van der Waals surface area (Å²) in [5.74, 6) is 5.33. The third kappa shape index (κ3) is 2.77. The molecule has 2 nitrogen and oxygen atoms in total. The van der Waals surface area contributed by atoms with Gasteiger partial charge >= 0.3 is 0 Å². The molecule has 0 aliphatic carbocycles. The molecule has 3 N–H and O–H groups in total. The summed E-state index contributed by atoms with van der Waals surface area (Å²) in [5.41, 5.74) is 5.65. The molecule has 4 heteroatoms. The number of aryl methyl sites for hydroxylation is 1. The largest absolute Gasteiger partial charge is 0.271 e. The summed E-state index contributed by atoms with van der Waals surface area (Å²) < 4.78 is 14.3. The number of halogens is 2. The van der Waals surface area contributed by atoms with E-state index in [1.165, 1.54) is 12.1 Å². The Morgan fingerprint density at radius 2 is 1.89 bits per heavy atom. The number of benzene rings is 2. The number of nitrogens with one attached hydrogen (secondary N) is 1. The maximum Gasteiger partial charge on any atom is 0.123 e. The smallest absolute Gasteiger partial charge is 0.123 e. The Labute approximate surface area is 114 Å². The number of hydrogen-bond acceptors (Lipinski definition) is 2. The van der Waals surface area contributed by atoms with Crippen LogP contribution in [0.4, 0.5) is 4.39 Å². The van der Waals surface area contributed by atoms with Crippen LogP contribution in [-0.2, 0) is 0 Å². The molecule has 0 spiro atoms. The summed E-state index contributed by atoms with van der Waals surface area (Å²) in [6, 6.07) is 12.2. The molecule has 94 valence electrons. The lowest BCUT2D eigenvalue weighted by Gasteiger charge is -2.18. The highest BCUT2D eigenvalue weighted by atomic mass is 79.9. The van der Waals surface area contributed by atoms with Gasteiger partial charge in [-0.3, -0.25) is 5.84 Å². The topological polar surface area (TPSA) is 38.0 Å². The molecule has 2 aromatic rings. The van der Waals surface area contributed by atoms with E-state index in [4.69, 9.17) is 5.84 Å². The van der Waals surface area contributed by atoms with Gasteiger partial charge < -0.3 is 0 Å². The molecule has 1 atom stereocenters. The van der Waals surface area contributed by atoms with Gasteiger partial charge in [-0.05, 0) is 41.8 Å². The monoisotopic (exact) mass is 308 g/mol. The van der Waals surface area contributed by atoms with Crippen molar-refractivity contribution < 1.29 is 4.39 Å². The van der Waals surface area contributed by atoms with Crippen LogP contribution in [0, 0.1) is 12.7 Å². The number of hydrazine groups is 1. The highest BCUT2D eigenvalue weighted by molar-refractivity contribution is 9.10. The number of nitrogens with two attached hydrogens (primary N) is 1. The van der Waals surface area contributed by atoms with E-state index in [2.05, 4.69) is 21.4 Å². The Hall–Kier alpha value is -1.23. The van der Waals surface area contributed by atoms with Crippen molar-refractivity contribution >= 4 is 15.9 Å². The van der Waals surface area contributed by atoms with Gasteiger partial charge in [-0.25, -0.2) is 9.82 Å². The molecule has 0 aromatic heterocycles. The van der Waals surface area contributed by atoms with Gasteiger partial charge in [-0.15, -0.1) is 0 Å². The standard InChI is InChI=1S/C14H14BrFN2/c1-9-7-11(5-6-13(9)15)14(18-17)10-3-2-4-12(16)8-10/h2-8,14,18H,17H2,1H3. The molecule has 0 heterocycles. The summed E-state index contributed by atoms with van der Waals surface area (Å²) in [7, 11) is 0. The van der Waals surface area contributed by atoms with Crippen molar-refractivity contribution in [3.8, 4) is 0 Å². The Morgan fingerprint density at radius 3 is 2.50 bits per heavy atom. The zero-order valence-corrected chi connectivity index (χ0v) is 11.5. The van der Waals surface area contributed by atoms with Gasteiger partial charge in [0, 0.05) is 4.47 Å². The maximum absolute atomic E-state index is 13.2. The Bertz CT molecular complexity index is 557. The molecule has 0 fully saturated rings. The average Bonchev–Trinajstić information content (AvgIpc) is 2.35. The highest BCUT2D eigenvalue weighted by Gasteiger charge is 2.13. The predicted octanol–water partition coefficient (Wildman–Crippen LogP) is 3.45. The summed E-state index contributed by atoms with van der Waals surface area (Å²) in [5, 5.41) is 0. The number of rotatable bonds is 3. The summed E-state index contributed by atoms with van der Waals surface area (Å²) >= 11 is 3.46. The zero-order chi connectivity index (χ0) is 13.1. The van der Waals surface area contributed by atoms with Gasteiger partial charge in [-0.1, -0.05) is 40.2 Å². The maximum atomic E-state index is 13.2. The van der Waals surface area contributed by atoms with Crippen molar-refractivity contribution in [2.75, 3.05) is 0 Å². The Balaban J connectivity index is 2.42. The lowest BCUT2D eigenvalue weighted by atomic mass is 9.98. The van der Waals surface area contributed by atoms with Crippen LogP contribution in [0.3, 0.4) is 0 Å². The molecule has 0 radical (unpaired) electrons. The summed E-state index contributed by atoms with van der Waals surface area (Å²) in [4.78, 5) is 0. The molecule has 2 rings (SSSR count). The number of hydrogen-bond donors (Lipinski definition) is 2. The summed E-state index contributed by atoms with van der Waals surface area (Å²) in [6.07, 6.45) is 0. The van der Waals surface area contributed by atoms with Crippen molar-refractivity contribution in [1.29, 1.82) is 0 Å². The lowest BCUT2D eigenvalue weighted by Crippen LogP contribution is -2.28. The van der Waals surface area contributed by atoms with Crippen LogP contribution in [0.1, 0.15) is 22.7 Å². The Kier molecular flexibility index (Phi) is 4.11. The highest BCUT2D eigenvalue weighted by Crippen LogP contribution is 2.25. The van der Waals surface area contributed by atoms with E-state index in [-0.39, 0.29) is 11.9 Å². The second-order valence-electron chi connectivity index (χ2n) is 4.16. The van der Waals surface area contributed by atoms with E-state index >= 15 is 0 Å². The van der Waals surface area contributed by atoms with Crippen molar-refractivity contribution in [1.82, 2.24) is 5.43 Å². The molecule has 0 aliphatic rings. The van der Waals surface area contributed by atoms with E-state index in [1.807, 2.05) is 31.2 Å². The van der Waals surface area contributed by atoms with Crippen LogP contribution in [0.2, 0.25) is 0 Å². The predicted molar refractivity (Wildman–Crippen MR) is 74.4 cm³/mol. The van der Waals surface area contributed by atoms with Crippen LogP contribution in [0.5, 0.6) is 0 Å². The third-order valence-electron chi connectivity index (χ3n) is 2.86. The van der Waals surface area contributed by atoms with E-state index in [0.29, 0.717) is 0 Å². The third-order valence-corrected chi connectivity index (χ3v) is 3.75. The van der Waals surface area contributed by atoms with Crippen molar-refractivity contribution in [2.24, 2.45) is 5.84 Å². The van der Waals surface area contributed by atoms with Crippen LogP contribution in [0.15, 0.2) is 46.9 Å². The Morgan fingerprint density at radius 1 is 1.17 bits per heavy atom. The average molecular weight is 309 g/mol. The fourth-order valence-corrected chi connectivity index (χ4v) is 2.17. The lowest BCUT2D eigenvalue weighted by molar-refractivity contribution is 0.605. The van der Waals surface area contributed by atoms with E-state index in [1.54, 1.807) is 6.07 Å². The molecule has 0 saturated carbocycles. The van der Waals surface area contributed by atoms with Crippen LogP contribution in [0.25, 0.3) is 0 Å².